The van der Waals surface area contributed by atoms with Gasteiger partial charge in [0.1, 0.15) is 5.01 Å². The largest absolute Gasteiger partial charge is 0.452 e. The summed E-state index contributed by atoms with van der Waals surface area (Å²) in [6, 6.07) is 0. The van der Waals surface area contributed by atoms with Crippen molar-refractivity contribution in [3.8, 4) is 0 Å². The Labute approximate surface area is 101 Å². The van der Waals surface area contributed by atoms with Crippen LogP contribution in [0.25, 0.3) is 0 Å². The molecule has 0 bridgehead atoms. The van der Waals surface area contributed by atoms with Gasteiger partial charge in [-0.3, -0.25) is 0 Å². The lowest BCUT2D eigenvalue weighted by Gasteiger charge is -2.54. The monoisotopic (exact) mass is 263 g/mol. The van der Waals surface area contributed by atoms with E-state index in [1.165, 1.54) is 0 Å². The van der Waals surface area contributed by atoms with Gasteiger partial charge >= 0.3 is 6.18 Å². The standard InChI is InChI=1S/C10H12F3N3S/c11-10(12,13)8-15-7(17-16-8)1-6-2-9(3-6)4-14-5-9/h6,14H,1-5H2. The molecule has 0 aromatic carbocycles. The Morgan fingerprint density at radius 1 is 1.35 bits per heavy atom. The molecule has 0 amide bonds. The first-order chi connectivity index (χ1) is 7.97. The van der Waals surface area contributed by atoms with Crippen molar-refractivity contribution in [1.29, 1.82) is 0 Å². The van der Waals surface area contributed by atoms with E-state index in [-0.39, 0.29) is 0 Å². The van der Waals surface area contributed by atoms with Gasteiger partial charge in [0.25, 0.3) is 0 Å². The molecule has 94 valence electrons. The van der Waals surface area contributed by atoms with Gasteiger partial charge in [-0.15, -0.1) is 0 Å². The van der Waals surface area contributed by atoms with Crippen molar-refractivity contribution in [1.82, 2.24) is 14.7 Å². The first-order valence-electron chi connectivity index (χ1n) is 5.57. The molecule has 1 N–H and O–H groups in total. The van der Waals surface area contributed by atoms with Crippen LogP contribution in [0.2, 0.25) is 0 Å². The van der Waals surface area contributed by atoms with E-state index in [1.807, 2.05) is 0 Å². The molecule has 1 saturated heterocycles. The predicted octanol–water partition coefficient (Wildman–Crippen LogP) is 2.10. The molecule has 0 unspecified atom stereocenters. The smallest absolute Gasteiger partial charge is 0.316 e. The summed E-state index contributed by atoms with van der Waals surface area (Å²) in [6.45, 7) is 2.13. The Kier molecular flexibility index (Phi) is 2.45. The molecule has 0 atom stereocenters. The van der Waals surface area contributed by atoms with Crippen LogP contribution in [0.4, 0.5) is 13.2 Å². The van der Waals surface area contributed by atoms with Gasteiger partial charge < -0.3 is 5.32 Å². The summed E-state index contributed by atoms with van der Waals surface area (Å²) in [5.74, 6) is -0.497. The van der Waals surface area contributed by atoms with Gasteiger partial charge in [-0.05, 0) is 35.7 Å². The van der Waals surface area contributed by atoms with E-state index < -0.39 is 12.0 Å². The lowest BCUT2D eigenvalue weighted by Crippen LogP contribution is -2.60. The normalized spacial score (nSPS) is 23.5. The zero-order valence-corrected chi connectivity index (χ0v) is 9.87. The summed E-state index contributed by atoms with van der Waals surface area (Å²) in [5.41, 5.74) is 0.461. The van der Waals surface area contributed by atoms with Crippen LogP contribution >= 0.6 is 11.5 Å². The second-order valence-electron chi connectivity index (χ2n) is 5.09. The van der Waals surface area contributed by atoms with Crippen molar-refractivity contribution in [2.24, 2.45) is 11.3 Å². The Hall–Kier alpha value is -0.690. The summed E-state index contributed by atoms with van der Waals surface area (Å²) in [7, 11) is 0. The number of hydrogen-bond acceptors (Lipinski definition) is 4. The minimum absolute atomic E-state index is 0.461. The van der Waals surface area contributed by atoms with Crippen LogP contribution in [0.15, 0.2) is 0 Å². The Balaban J connectivity index is 1.57. The summed E-state index contributed by atoms with van der Waals surface area (Å²) >= 11 is 0.883. The highest BCUT2D eigenvalue weighted by molar-refractivity contribution is 7.05. The molecule has 2 fully saturated rings. The molecule has 7 heteroatoms. The van der Waals surface area contributed by atoms with E-state index >= 15 is 0 Å². The average molecular weight is 263 g/mol. The van der Waals surface area contributed by atoms with E-state index in [0.717, 1.165) is 37.5 Å². The second kappa shape index (κ2) is 3.65. The molecule has 1 aromatic heterocycles. The summed E-state index contributed by atoms with van der Waals surface area (Å²) < 4.78 is 40.2. The maximum absolute atomic E-state index is 12.3. The number of rotatable bonds is 2. The third-order valence-corrected chi connectivity index (χ3v) is 4.36. The predicted molar refractivity (Wildman–Crippen MR) is 56.6 cm³/mol. The van der Waals surface area contributed by atoms with E-state index in [9.17, 15) is 13.2 Å². The summed E-state index contributed by atoms with van der Waals surface area (Å²) in [4.78, 5) is 3.56. The summed E-state index contributed by atoms with van der Waals surface area (Å²) in [5, 5.41) is 3.76. The van der Waals surface area contributed by atoms with Crippen LogP contribution in [0, 0.1) is 11.3 Å². The van der Waals surface area contributed by atoms with Crippen molar-refractivity contribution < 1.29 is 13.2 Å². The fourth-order valence-corrected chi connectivity index (χ4v) is 3.55. The second-order valence-corrected chi connectivity index (χ2v) is 5.93. The number of alkyl halides is 3. The number of aromatic nitrogens is 2. The maximum Gasteiger partial charge on any atom is 0.452 e. The van der Waals surface area contributed by atoms with Crippen LogP contribution in [0.3, 0.4) is 0 Å². The van der Waals surface area contributed by atoms with Gasteiger partial charge in [-0.1, -0.05) is 0 Å². The Bertz CT molecular complexity index is 417. The molecule has 1 aliphatic heterocycles. The van der Waals surface area contributed by atoms with E-state index in [1.54, 1.807) is 0 Å². The molecular formula is C10H12F3N3S. The minimum Gasteiger partial charge on any atom is -0.316 e. The van der Waals surface area contributed by atoms with Gasteiger partial charge in [-0.25, -0.2) is 4.98 Å². The highest BCUT2D eigenvalue weighted by atomic mass is 32.1. The molecule has 1 aromatic rings. The zero-order valence-electron chi connectivity index (χ0n) is 9.05. The van der Waals surface area contributed by atoms with Crippen molar-refractivity contribution in [3.63, 3.8) is 0 Å². The quantitative estimate of drug-likeness (QED) is 0.888. The third-order valence-electron chi connectivity index (χ3n) is 3.63. The van der Waals surface area contributed by atoms with E-state index in [2.05, 4.69) is 14.7 Å². The van der Waals surface area contributed by atoms with Crippen molar-refractivity contribution in [2.75, 3.05) is 13.1 Å². The molecule has 1 spiro atoms. The number of halogens is 3. The maximum atomic E-state index is 12.3. The SMILES string of the molecule is FC(F)(F)c1nsc(CC2CC3(CNC3)C2)n1. The Morgan fingerprint density at radius 3 is 2.53 bits per heavy atom. The van der Waals surface area contributed by atoms with Crippen molar-refractivity contribution >= 4 is 11.5 Å². The van der Waals surface area contributed by atoms with Gasteiger partial charge in [0.05, 0.1) is 0 Å². The van der Waals surface area contributed by atoms with E-state index in [4.69, 9.17) is 0 Å². The van der Waals surface area contributed by atoms with Crippen molar-refractivity contribution in [2.45, 2.75) is 25.4 Å². The lowest BCUT2D eigenvalue weighted by atomic mass is 9.58. The van der Waals surface area contributed by atoms with Crippen LogP contribution in [0.1, 0.15) is 23.7 Å². The molecule has 2 aliphatic rings. The van der Waals surface area contributed by atoms with Gasteiger partial charge in [0.2, 0.25) is 5.82 Å². The Morgan fingerprint density at radius 2 is 2.06 bits per heavy atom. The first-order valence-corrected chi connectivity index (χ1v) is 6.35. The molecule has 3 nitrogen and oxygen atoms in total. The highest BCUT2D eigenvalue weighted by Gasteiger charge is 2.48. The average Bonchev–Trinajstić information content (AvgIpc) is 2.54. The highest BCUT2D eigenvalue weighted by Crippen LogP contribution is 2.49. The summed E-state index contributed by atoms with van der Waals surface area (Å²) in [6.07, 6.45) is -1.54. The van der Waals surface area contributed by atoms with Crippen LogP contribution in [-0.4, -0.2) is 22.4 Å². The molecular weight excluding hydrogens is 251 g/mol. The molecule has 0 radical (unpaired) electrons. The van der Waals surface area contributed by atoms with Gasteiger partial charge in [0.15, 0.2) is 0 Å². The van der Waals surface area contributed by atoms with Crippen molar-refractivity contribution in [3.05, 3.63) is 10.8 Å². The minimum atomic E-state index is -4.41. The number of hydrogen-bond donors (Lipinski definition) is 1. The lowest BCUT2D eigenvalue weighted by molar-refractivity contribution is -0.144. The fraction of sp³-hybridized carbons (Fsp3) is 0.800. The molecule has 1 saturated carbocycles. The zero-order chi connectivity index (χ0) is 12.1. The van der Waals surface area contributed by atoms with Crippen LogP contribution in [-0.2, 0) is 12.6 Å². The number of nitrogens with one attached hydrogen (secondary N) is 1. The molecule has 2 heterocycles. The van der Waals surface area contributed by atoms with Gasteiger partial charge in [-0.2, -0.15) is 17.5 Å². The van der Waals surface area contributed by atoms with E-state index in [0.29, 0.717) is 22.8 Å². The molecule has 17 heavy (non-hydrogen) atoms. The molecule has 3 rings (SSSR count). The van der Waals surface area contributed by atoms with Crippen LogP contribution < -0.4 is 5.32 Å². The van der Waals surface area contributed by atoms with Gasteiger partial charge in [0, 0.05) is 19.5 Å². The first kappa shape index (κ1) is 11.4. The third kappa shape index (κ3) is 2.06. The molecule has 1 aliphatic carbocycles. The van der Waals surface area contributed by atoms with Crippen LogP contribution in [0.5, 0.6) is 0 Å². The fourth-order valence-electron chi connectivity index (χ4n) is 2.78. The topological polar surface area (TPSA) is 37.8 Å². The number of nitrogens with zero attached hydrogens (tertiary/aromatic N) is 2.